The molecular weight excluding hydrogens is 238 g/mol. The zero-order valence-electron chi connectivity index (χ0n) is 11.9. The number of carbonyl (C=O) groups is 1. The van der Waals surface area contributed by atoms with Gasteiger partial charge in [0.1, 0.15) is 0 Å². The minimum absolute atomic E-state index is 0.119. The molecule has 0 aliphatic heterocycles. The van der Waals surface area contributed by atoms with Crippen LogP contribution in [0.4, 0.5) is 5.69 Å². The van der Waals surface area contributed by atoms with Gasteiger partial charge in [-0.1, -0.05) is 0 Å². The van der Waals surface area contributed by atoms with E-state index < -0.39 is 0 Å². The van der Waals surface area contributed by atoms with Gasteiger partial charge in [-0.2, -0.15) is 0 Å². The number of nitrogens with two attached hydrogens (primary N) is 1. The molecule has 0 spiro atoms. The van der Waals surface area contributed by atoms with Gasteiger partial charge in [0, 0.05) is 18.2 Å². The molecule has 2 rings (SSSR count). The van der Waals surface area contributed by atoms with Crippen molar-refractivity contribution in [2.24, 2.45) is 11.8 Å². The first kappa shape index (κ1) is 13.9. The van der Waals surface area contributed by atoms with Gasteiger partial charge in [0.2, 0.25) is 0 Å². The van der Waals surface area contributed by atoms with Crippen molar-refractivity contribution in [3.05, 3.63) is 29.3 Å². The Bertz CT molecular complexity index is 466. The van der Waals surface area contributed by atoms with Crippen LogP contribution in [0.1, 0.15) is 42.6 Å². The largest absolute Gasteiger partial charge is 0.336 e. The number of nitrogens with zero attached hydrogens (tertiary/aromatic N) is 1. The van der Waals surface area contributed by atoms with E-state index in [1.165, 1.54) is 12.8 Å². The number of hydrogen-bond donors (Lipinski definition) is 2. The highest BCUT2D eigenvalue weighted by molar-refractivity contribution is 5.95. The summed E-state index contributed by atoms with van der Waals surface area (Å²) in [6.45, 7) is 6.98. The molecule has 4 nitrogen and oxygen atoms in total. The third-order valence-electron chi connectivity index (χ3n) is 3.66. The average Bonchev–Trinajstić information content (AvgIpc) is 3.18. The Morgan fingerprint density at radius 2 is 2.16 bits per heavy atom. The second kappa shape index (κ2) is 5.61. The van der Waals surface area contributed by atoms with Gasteiger partial charge in [0.05, 0.1) is 5.69 Å². The van der Waals surface area contributed by atoms with E-state index in [1.807, 2.05) is 30.0 Å². The molecule has 1 aromatic carbocycles. The van der Waals surface area contributed by atoms with Gasteiger partial charge < -0.3 is 10.3 Å². The molecule has 1 saturated carbocycles. The smallest absolute Gasteiger partial charge is 0.254 e. The van der Waals surface area contributed by atoms with Gasteiger partial charge in [-0.3, -0.25) is 10.6 Å². The average molecular weight is 261 g/mol. The zero-order valence-corrected chi connectivity index (χ0v) is 11.9. The minimum Gasteiger partial charge on any atom is -0.336 e. The third-order valence-corrected chi connectivity index (χ3v) is 3.66. The van der Waals surface area contributed by atoms with E-state index in [-0.39, 0.29) is 11.9 Å². The topological polar surface area (TPSA) is 58.4 Å². The van der Waals surface area contributed by atoms with Crippen LogP contribution in [-0.4, -0.2) is 23.4 Å². The number of anilines is 1. The summed E-state index contributed by atoms with van der Waals surface area (Å²) >= 11 is 0. The molecule has 0 bridgehead atoms. The van der Waals surface area contributed by atoms with Gasteiger partial charge in [0.15, 0.2) is 0 Å². The van der Waals surface area contributed by atoms with E-state index in [4.69, 9.17) is 5.84 Å². The second-order valence-electron chi connectivity index (χ2n) is 5.67. The van der Waals surface area contributed by atoms with E-state index in [1.54, 1.807) is 0 Å². The number of benzene rings is 1. The molecule has 104 valence electrons. The van der Waals surface area contributed by atoms with Crippen molar-refractivity contribution < 1.29 is 4.79 Å². The third kappa shape index (κ3) is 3.26. The predicted octanol–water partition coefficient (Wildman–Crippen LogP) is 2.54. The van der Waals surface area contributed by atoms with Crippen molar-refractivity contribution in [1.82, 2.24) is 4.90 Å². The fraction of sp³-hybridized carbons (Fsp3) is 0.533. The fourth-order valence-corrected chi connectivity index (χ4v) is 2.23. The maximum atomic E-state index is 12.6. The van der Waals surface area contributed by atoms with Gasteiger partial charge in [-0.25, -0.2) is 0 Å². The Balaban J connectivity index is 2.18. The lowest BCUT2D eigenvalue weighted by Crippen LogP contribution is -2.38. The molecule has 19 heavy (non-hydrogen) atoms. The van der Waals surface area contributed by atoms with Crippen LogP contribution in [-0.2, 0) is 0 Å². The summed E-state index contributed by atoms with van der Waals surface area (Å²) in [7, 11) is 0. The van der Waals surface area contributed by atoms with E-state index in [0.717, 1.165) is 23.4 Å². The van der Waals surface area contributed by atoms with Crippen molar-refractivity contribution >= 4 is 11.6 Å². The highest BCUT2D eigenvalue weighted by Crippen LogP contribution is 2.31. The normalized spacial score (nSPS) is 14.6. The lowest BCUT2D eigenvalue weighted by Gasteiger charge is -2.27. The summed E-state index contributed by atoms with van der Waals surface area (Å²) in [6, 6.07) is 5.84. The monoisotopic (exact) mass is 261 g/mol. The lowest BCUT2D eigenvalue weighted by atomic mass is 10.1. The molecule has 1 amide bonds. The van der Waals surface area contributed by atoms with Crippen LogP contribution in [0.15, 0.2) is 18.2 Å². The number of hydrogen-bond acceptors (Lipinski definition) is 3. The molecule has 3 N–H and O–H groups in total. The number of amides is 1. The molecule has 1 aliphatic carbocycles. The molecule has 0 aromatic heterocycles. The maximum absolute atomic E-state index is 12.6. The Morgan fingerprint density at radius 1 is 1.47 bits per heavy atom. The van der Waals surface area contributed by atoms with Crippen molar-refractivity contribution in [3.63, 3.8) is 0 Å². The van der Waals surface area contributed by atoms with E-state index >= 15 is 0 Å². The molecule has 0 atom stereocenters. The Labute approximate surface area is 114 Å². The molecule has 0 radical (unpaired) electrons. The van der Waals surface area contributed by atoms with Crippen LogP contribution < -0.4 is 11.3 Å². The van der Waals surface area contributed by atoms with Crippen LogP contribution >= 0.6 is 0 Å². The molecule has 0 unspecified atom stereocenters. The zero-order chi connectivity index (χ0) is 14.0. The summed E-state index contributed by atoms with van der Waals surface area (Å²) in [5.41, 5.74) is 5.22. The first-order valence-electron chi connectivity index (χ1n) is 6.91. The molecular formula is C15H23N3O. The molecule has 1 fully saturated rings. The molecule has 0 heterocycles. The quantitative estimate of drug-likeness (QED) is 0.632. The Kier molecular flexibility index (Phi) is 4.10. The molecule has 0 saturated heterocycles. The first-order chi connectivity index (χ1) is 9.02. The standard InChI is InChI=1S/C15H23N3O/c1-10(2)18(9-12-4-5-12)15(19)13-6-7-14(17-16)11(3)8-13/h6-8,10,12,17H,4-5,9,16H2,1-3H3. The summed E-state index contributed by atoms with van der Waals surface area (Å²) in [5.74, 6) is 6.24. The fourth-order valence-electron chi connectivity index (χ4n) is 2.23. The highest BCUT2D eigenvalue weighted by atomic mass is 16.2. The molecule has 1 aromatic rings. The Morgan fingerprint density at radius 3 is 2.63 bits per heavy atom. The minimum atomic E-state index is 0.119. The summed E-state index contributed by atoms with van der Waals surface area (Å²) in [6.07, 6.45) is 2.51. The van der Waals surface area contributed by atoms with Gasteiger partial charge in [-0.15, -0.1) is 0 Å². The van der Waals surface area contributed by atoms with Crippen LogP contribution in [0.5, 0.6) is 0 Å². The number of hydrazine groups is 1. The summed E-state index contributed by atoms with van der Waals surface area (Å²) in [4.78, 5) is 14.5. The molecule has 1 aliphatic rings. The van der Waals surface area contributed by atoms with Gasteiger partial charge >= 0.3 is 0 Å². The van der Waals surface area contributed by atoms with E-state index in [0.29, 0.717) is 5.92 Å². The molecule has 4 heteroatoms. The van der Waals surface area contributed by atoms with Crippen LogP contribution in [0.25, 0.3) is 0 Å². The number of carbonyl (C=O) groups excluding carboxylic acids is 1. The highest BCUT2D eigenvalue weighted by Gasteiger charge is 2.28. The van der Waals surface area contributed by atoms with Crippen LogP contribution in [0.2, 0.25) is 0 Å². The SMILES string of the molecule is Cc1cc(C(=O)N(CC2CC2)C(C)C)ccc1NN. The second-order valence-corrected chi connectivity index (χ2v) is 5.67. The number of nitrogens with one attached hydrogen (secondary N) is 1. The van der Waals surface area contributed by atoms with Crippen molar-refractivity contribution in [2.75, 3.05) is 12.0 Å². The predicted molar refractivity (Wildman–Crippen MR) is 77.9 cm³/mol. The van der Waals surface area contributed by atoms with Crippen molar-refractivity contribution in [1.29, 1.82) is 0 Å². The summed E-state index contributed by atoms with van der Waals surface area (Å²) < 4.78 is 0. The van der Waals surface area contributed by atoms with Crippen molar-refractivity contribution in [2.45, 2.75) is 39.7 Å². The van der Waals surface area contributed by atoms with Crippen LogP contribution in [0, 0.1) is 12.8 Å². The van der Waals surface area contributed by atoms with Crippen molar-refractivity contribution in [3.8, 4) is 0 Å². The van der Waals surface area contributed by atoms with Gasteiger partial charge in [0.25, 0.3) is 5.91 Å². The lowest BCUT2D eigenvalue weighted by molar-refractivity contribution is 0.0696. The number of nitrogen functional groups attached to an aromatic ring is 1. The maximum Gasteiger partial charge on any atom is 0.254 e. The van der Waals surface area contributed by atoms with Crippen LogP contribution in [0.3, 0.4) is 0 Å². The summed E-state index contributed by atoms with van der Waals surface area (Å²) in [5, 5.41) is 0. The van der Waals surface area contributed by atoms with E-state index in [9.17, 15) is 4.79 Å². The first-order valence-corrected chi connectivity index (χ1v) is 6.91. The number of aryl methyl sites for hydroxylation is 1. The van der Waals surface area contributed by atoms with E-state index in [2.05, 4.69) is 19.3 Å². The Hall–Kier alpha value is -1.55. The van der Waals surface area contributed by atoms with Gasteiger partial charge in [-0.05, 0) is 63.3 Å². The number of rotatable bonds is 5.